The fraction of sp³-hybridized carbons (Fsp3) is 0.300. The lowest BCUT2D eigenvalue weighted by atomic mass is 9.76. The number of nitro groups is 2. The van der Waals surface area contributed by atoms with Crippen LogP contribution in [0.15, 0.2) is 46.9 Å². The number of methoxy groups -OCH3 is 1. The Labute approximate surface area is 189 Å². The van der Waals surface area contributed by atoms with Crippen LogP contribution in [0.3, 0.4) is 0 Å². The van der Waals surface area contributed by atoms with E-state index in [4.69, 9.17) is 9.47 Å². The zero-order valence-corrected chi connectivity index (χ0v) is 18.2. The van der Waals surface area contributed by atoms with Gasteiger partial charge in [-0.15, -0.1) is 0 Å². The molecule has 0 N–H and O–H groups in total. The van der Waals surface area contributed by atoms with Crippen molar-refractivity contribution in [3.8, 4) is 0 Å². The summed E-state index contributed by atoms with van der Waals surface area (Å²) in [4.78, 5) is 49.7. The zero-order chi connectivity index (χ0) is 23.2. The lowest BCUT2D eigenvalue weighted by Crippen LogP contribution is -2.46. The minimum Gasteiger partial charge on any atom is -0.468 e. The van der Waals surface area contributed by atoms with Crippen molar-refractivity contribution in [1.82, 2.24) is 4.90 Å². The van der Waals surface area contributed by atoms with Gasteiger partial charge in [0, 0.05) is 5.56 Å². The molecule has 0 aliphatic carbocycles. The molecule has 0 bridgehead atoms. The molecule has 166 valence electrons. The fourth-order valence-corrected chi connectivity index (χ4v) is 4.87. The number of ether oxygens (including phenoxy) is 2. The van der Waals surface area contributed by atoms with Crippen molar-refractivity contribution in [2.24, 2.45) is 0 Å². The predicted molar refractivity (Wildman–Crippen MR) is 112 cm³/mol. The number of hydrogen-bond donors (Lipinski definition) is 0. The lowest BCUT2D eigenvalue weighted by Gasteiger charge is -2.28. The Kier molecular flexibility index (Phi) is 5.42. The average Bonchev–Trinajstić information content (AvgIpc) is 3.31. The molecule has 32 heavy (non-hydrogen) atoms. The van der Waals surface area contributed by atoms with Gasteiger partial charge in [0.05, 0.1) is 45.7 Å². The number of carbonyl (C=O) groups is 2. The maximum absolute atomic E-state index is 13.8. The molecule has 0 radical (unpaired) electrons. The van der Waals surface area contributed by atoms with Crippen LogP contribution in [0.5, 0.6) is 0 Å². The van der Waals surface area contributed by atoms with Gasteiger partial charge in [-0.3, -0.25) is 29.8 Å². The van der Waals surface area contributed by atoms with E-state index in [1.54, 1.807) is 30.3 Å². The number of hydrogen-bond acceptors (Lipinski definition) is 8. The molecule has 2 aliphatic rings. The summed E-state index contributed by atoms with van der Waals surface area (Å²) in [6, 6.07) is 10.2. The first-order valence-electron chi connectivity index (χ1n) is 9.43. The summed E-state index contributed by atoms with van der Waals surface area (Å²) in [5, 5.41) is 23.1. The van der Waals surface area contributed by atoms with Gasteiger partial charge >= 0.3 is 5.97 Å². The van der Waals surface area contributed by atoms with Gasteiger partial charge in [0.1, 0.15) is 0 Å². The first kappa shape index (κ1) is 21.8. The van der Waals surface area contributed by atoms with E-state index < -0.39 is 50.8 Å². The van der Waals surface area contributed by atoms with E-state index in [9.17, 15) is 29.8 Å². The second kappa shape index (κ2) is 7.95. The van der Waals surface area contributed by atoms with Gasteiger partial charge in [-0.25, -0.2) is 0 Å². The van der Waals surface area contributed by atoms with Crippen LogP contribution >= 0.6 is 15.9 Å². The Morgan fingerprint density at radius 1 is 1.19 bits per heavy atom. The van der Waals surface area contributed by atoms with Crippen molar-refractivity contribution in [2.75, 3.05) is 13.7 Å². The number of halogens is 1. The highest BCUT2D eigenvalue weighted by atomic mass is 79.9. The predicted octanol–water partition coefficient (Wildman–Crippen LogP) is 3.01. The molecular weight excluding hydrogens is 490 g/mol. The van der Waals surface area contributed by atoms with Crippen molar-refractivity contribution in [3.63, 3.8) is 0 Å². The molecule has 0 saturated carbocycles. The number of esters is 1. The molecule has 11 nitrogen and oxygen atoms in total. The number of carbonyl (C=O) groups excluding carboxylic acids is 2. The Hall–Kier alpha value is -3.38. The van der Waals surface area contributed by atoms with E-state index in [1.165, 1.54) is 4.90 Å². The number of nitrogens with zero attached hydrogens (tertiary/aromatic N) is 3. The SMILES string of the molecule is COC(=O)[C@]1(c2cc(Br)c([N+](=O)[O-])cc2[N+](=O)[O-])C[C@@H]2CO[C@@H](c3ccccc3)N2C1=O. The van der Waals surface area contributed by atoms with Crippen LogP contribution in [-0.2, 0) is 24.5 Å². The highest BCUT2D eigenvalue weighted by Crippen LogP contribution is 2.51. The maximum atomic E-state index is 13.8. The van der Waals surface area contributed by atoms with Crippen LogP contribution in [0.25, 0.3) is 0 Å². The number of nitro benzene ring substituents is 2. The maximum Gasteiger partial charge on any atom is 0.326 e. The van der Waals surface area contributed by atoms with E-state index in [0.29, 0.717) is 5.56 Å². The average molecular weight is 506 g/mol. The van der Waals surface area contributed by atoms with Gasteiger partial charge in [-0.2, -0.15) is 0 Å². The second-order valence-electron chi connectivity index (χ2n) is 7.40. The summed E-state index contributed by atoms with van der Waals surface area (Å²) in [5.74, 6) is -1.70. The van der Waals surface area contributed by atoms with E-state index >= 15 is 0 Å². The van der Waals surface area contributed by atoms with Crippen LogP contribution < -0.4 is 0 Å². The minimum absolute atomic E-state index is 0.0953. The molecule has 2 aromatic carbocycles. The van der Waals surface area contributed by atoms with Crippen molar-refractivity contribution < 1.29 is 28.9 Å². The summed E-state index contributed by atoms with van der Waals surface area (Å²) in [5.41, 5.74) is -2.90. The largest absolute Gasteiger partial charge is 0.468 e. The monoisotopic (exact) mass is 505 g/mol. The van der Waals surface area contributed by atoms with Crippen molar-refractivity contribution >= 4 is 39.2 Å². The van der Waals surface area contributed by atoms with Gasteiger partial charge in [-0.05, 0) is 28.4 Å². The van der Waals surface area contributed by atoms with Crippen LogP contribution in [0.4, 0.5) is 11.4 Å². The van der Waals surface area contributed by atoms with E-state index in [-0.39, 0.29) is 23.1 Å². The normalized spacial score (nSPS) is 24.3. The highest BCUT2D eigenvalue weighted by molar-refractivity contribution is 9.10. The molecule has 2 aromatic rings. The van der Waals surface area contributed by atoms with Crippen molar-refractivity contribution in [1.29, 1.82) is 0 Å². The third-order valence-corrected chi connectivity index (χ3v) is 6.41. The molecule has 0 unspecified atom stereocenters. The van der Waals surface area contributed by atoms with Gasteiger partial charge < -0.3 is 14.4 Å². The standard InChI is InChI=1S/C20H16BrN3O8/c1-31-19(26)20(13-7-14(21)16(24(29)30)8-15(13)23(27)28)9-12-10-32-17(22(12)18(20)25)11-5-3-2-4-6-11/h2-8,12,17H,9-10H2,1H3/t12-,17+,20+/m1/s1. The second-order valence-corrected chi connectivity index (χ2v) is 8.25. The molecule has 1 amide bonds. The molecule has 2 saturated heterocycles. The van der Waals surface area contributed by atoms with E-state index in [0.717, 1.165) is 19.2 Å². The first-order valence-corrected chi connectivity index (χ1v) is 10.2. The molecule has 0 aromatic heterocycles. The quantitative estimate of drug-likeness (QED) is 0.261. The molecule has 2 fully saturated rings. The van der Waals surface area contributed by atoms with Crippen LogP contribution in [0.2, 0.25) is 0 Å². The van der Waals surface area contributed by atoms with Crippen LogP contribution in [0.1, 0.15) is 23.8 Å². The molecule has 0 spiro atoms. The number of amides is 1. The van der Waals surface area contributed by atoms with E-state index in [2.05, 4.69) is 15.9 Å². The Bertz CT molecular complexity index is 1140. The Balaban J connectivity index is 1.90. The first-order chi connectivity index (χ1) is 15.2. The topological polar surface area (TPSA) is 142 Å². The van der Waals surface area contributed by atoms with Gasteiger partial charge in [0.2, 0.25) is 5.91 Å². The minimum atomic E-state index is -2.05. The summed E-state index contributed by atoms with van der Waals surface area (Å²) in [6.45, 7) is 0.117. The molecular formula is C20H16BrN3O8. The third-order valence-electron chi connectivity index (χ3n) is 5.77. The van der Waals surface area contributed by atoms with Crippen LogP contribution in [0, 0.1) is 20.2 Å². The summed E-state index contributed by atoms with van der Waals surface area (Å²) in [6.07, 6.45) is -0.909. The summed E-state index contributed by atoms with van der Waals surface area (Å²) >= 11 is 3.04. The summed E-state index contributed by atoms with van der Waals surface area (Å²) in [7, 11) is 1.08. The number of benzene rings is 2. The summed E-state index contributed by atoms with van der Waals surface area (Å²) < 4.78 is 10.6. The number of rotatable bonds is 5. The Morgan fingerprint density at radius 3 is 2.44 bits per heavy atom. The molecule has 4 rings (SSSR count). The molecule has 3 atom stereocenters. The van der Waals surface area contributed by atoms with E-state index in [1.807, 2.05) is 0 Å². The van der Waals surface area contributed by atoms with Gasteiger partial charge in [0.25, 0.3) is 11.4 Å². The van der Waals surface area contributed by atoms with Crippen molar-refractivity contribution in [2.45, 2.75) is 24.1 Å². The molecule has 2 aliphatic heterocycles. The number of fused-ring (bicyclic) bond motifs is 1. The molecule has 2 heterocycles. The van der Waals surface area contributed by atoms with Crippen molar-refractivity contribution in [3.05, 3.63) is 78.3 Å². The third kappa shape index (κ3) is 3.14. The van der Waals surface area contributed by atoms with Gasteiger partial charge in [-0.1, -0.05) is 30.3 Å². The lowest BCUT2D eigenvalue weighted by molar-refractivity contribution is -0.395. The Morgan fingerprint density at radius 2 is 1.84 bits per heavy atom. The fourth-order valence-electron chi connectivity index (χ4n) is 4.38. The smallest absolute Gasteiger partial charge is 0.326 e. The highest BCUT2D eigenvalue weighted by Gasteiger charge is 2.64. The van der Waals surface area contributed by atoms with Crippen LogP contribution in [-0.4, -0.2) is 46.4 Å². The zero-order valence-electron chi connectivity index (χ0n) is 16.6. The van der Waals surface area contributed by atoms with Gasteiger partial charge in [0.15, 0.2) is 11.6 Å². The molecule has 12 heteroatoms.